The van der Waals surface area contributed by atoms with Crippen LogP contribution in [0.5, 0.6) is 0 Å². The fourth-order valence-corrected chi connectivity index (χ4v) is 6.01. The molecule has 0 bridgehead atoms. The number of nitrogens with zero attached hydrogens (tertiary/aromatic N) is 1. The van der Waals surface area contributed by atoms with Gasteiger partial charge in [-0.1, -0.05) is 129 Å². The number of carboxylic acid groups (broad SMARTS) is 1. The van der Waals surface area contributed by atoms with Gasteiger partial charge in [0.05, 0.1) is 0 Å². The molecule has 1 aliphatic carbocycles. The summed E-state index contributed by atoms with van der Waals surface area (Å²) in [5.74, 6) is 2.38. The van der Waals surface area contributed by atoms with E-state index < -0.39 is 5.97 Å². The van der Waals surface area contributed by atoms with E-state index in [0.717, 1.165) is 30.6 Å². The van der Waals surface area contributed by atoms with Gasteiger partial charge < -0.3 is 10.0 Å². The van der Waals surface area contributed by atoms with Crippen molar-refractivity contribution >= 4 is 5.97 Å². The molecule has 1 aliphatic rings. The first-order valence-electron chi connectivity index (χ1n) is 15.9. The van der Waals surface area contributed by atoms with E-state index in [9.17, 15) is 4.79 Å². The van der Waals surface area contributed by atoms with Gasteiger partial charge in [0, 0.05) is 13.0 Å². The molecule has 208 valence electrons. The lowest BCUT2D eigenvalue weighted by Crippen LogP contribution is -2.21. The van der Waals surface area contributed by atoms with Crippen molar-refractivity contribution in [2.45, 2.75) is 161 Å². The molecule has 0 radical (unpaired) electrons. The summed E-state index contributed by atoms with van der Waals surface area (Å²) >= 11 is 0. The molecule has 0 aromatic carbocycles. The monoisotopic (exact) mass is 493 g/mol. The Balaban J connectivity index is 1.90. The van der Waals surface area contributed by atoms with Gasteiger partial charge in [-0.25, -0.2) is 0 Å². The van der Waals surface area contributed by atoms with Crippen molar-refractivity contribution in [1.29, 1.82) is 0 Å². The van der Waals surface area contributed by atoms with Crippen molar-refractivity contribution in [2.75, 3.05) is 20.6 Å². The minimum absolute atomic E-state index is 0.347. The summed E-state index contributed by atoms with van der Waals surface area (Å²) < 4.78 is 0. The molecule has 35 heavy (non-hydrogen) atoms. The van der Waals surface area contributed by atoms with Gasteiger partial charge >= 0.3 is 5.97 Å². The minimum Gasteiger partial charge on any atom is -0.481 e. The second kappa shape index (κ2) is 22.6. The number of rotatable bonds is 27. The zero-order valence-corrected chi connectivity index (χ0v) is 24.2. The molecule has 0 aliphatic heterocycles. The number of unbranched alkanes of at least 4 members (excludes halogenated alkanes) is 15. The summed E-state index contributed by atoms with van der Waals surface area (Å²) in [7, 11) is 4.49. The molecule has 3 nitrogen and oxygen atoms in total. The fraction of sp³-hybridized carbons (Fsp3) is 0.969. The first-order valence-corrected chi connectivity index (χ1v) is 15.9. The third-order valence-corrected chi connectivity index (χ3v) is 8.31. The Morgan fingerprint density at radius 2 is 1.11 bits per heavy atom. The normalized spacial score (nSPS) is 18.3. The van der Waals surface area contributed by atoms with Crippen LogP contribution in [0, 0.1) is 17.8 Å². The average molecular weight is 494 g/mol. The molecule has 1 fully saturated rings. The van der Waals surface area contributed by atoms with Crippen LogP contribution in [-0.2, 0) is 4.79 Å². The largest absolute Gasteiger partial charge is 0.481 e. The minimum atomic E-state index is -0.647. The highest BCUT2D eigenvalue weighted by atomic mass is 16.4. The summed E-state index contributed by atoms with van der Waals surface area (Å²) in [6.45, 7) is 3.58. The first kappa shape index (κ1) is 32.5. The van der Waals surface area contributed by atoms with Gasteiger partial charge in [0.2, 0.25) is 0 Å². The molecule has 0 saturated heterocycles. The van der Waals surface area contributed by atoms with Gasteiger partial charge in [-0.3, -0.25) is 4.79 Å². The molecule has 0 aromatic rings. The van der Waals surface area contributed by atoms with Crippen molar-refractivity contribution in [1.82, 2.24) is 4.90 Å². The van der Waals surface area contributed by atoms with Crippen LogP contribution >= 0.6 is 0 Å². The molecular weight excluding hydrogens is 430 g/mol. The number of hydrogen-bond donors (Lipinski definition) is 1. The highest BCUT2D eigenvalue weighted by molar-refractivity contribution is 5.66. The van der Waals surface area contributed by atoms with Gasteiger partial charge in [0.25, 0.3) is 0 Å². The Kier molecular flexibility index (Phi) is 21.0. The Bertz CT molecular complexity index is 478. The zero-order valence-electron chi connectivity index (χ0n) is 24.2. The van der Waals surface area contributed by atoms with Crippen molar-refractivity contribution in [3.05, 3.63) is 0 Å². The van der Waals surface area contributed by atoms with Crippen LogP contribution in [0.3, 0.4) is 0 Å². The smallest absolute Gasteiger partial charge is 0.303 e. The van der Waals surface area contributed by atoms with E-state index in [2.05, 4.69) is 25.9 Å². The highest BCUT2D eigenvalue weighted by Gasteiger charge is 2.35. The predicted molar refractivity (Wildman–Crippen MR) is 153 cm³/mol. The third-order valence-electron chi connectivity index (χ3n) is 8.31. The SMILES string of the molecule is CCCCCCCCCC(CCCCCCC1CC1CCCCCCCCCC(=O)O)CN(C)C. The van der Waals surface area contributed by atoms with E-state index in [1.54, 1.807) is 0 Å². The Hall–Kier alpha value is -0.570. The van der Waals surface area contributed by atoms with E-state index in [1.165, 1.54) is 141 Å². The molecule has 0 spiro atoms. The van der Waals surface area contributed by atoms with Crippen LogP contribution in [0.4, 0.5) is 0 Å². The van der Waals surface area contributed by atoms with Gasteiger partial charge in [0.1, 0.15) is 0 Å². The Morgan fingerprint density at radius 3 is 1.57 bits per heavy atom. The number of carbonyl (C=O) groups is 1. The maximum Gasteiger partial charge on any atom is 0.303 e. The fourth-order valence-electron chi connectivity index (χ4n) is 6.01. The molecular formula is C32H63NO2. The molecule has 0 aromatic heterocycles. The van der Waals surface area contributed by atoms with E-state index >= 15 is 0 Å². The Morgan fingerprint density at radius 1 is 0.686 bits per heavy atom. The summed E-state index contributed by atoms with van der Waals surface area (Å²) in [4.78, 5) is 12.9. The summed E-state index contributed by atoms with van der Waals surface area (Å²) in [5, 5.41) is 8.66. The van der Waals surface area contributed by atoms with Crippen LogP contribution in [-0.4, -0.2) is 36.6 Å². The summed E-state index contributed by atoms with van der Waals surface area (Å²) in [6.07, 6.45) is 32.1. The van der Waals surface area contributed by atoms with Crippen molar-refractivity contribution in [2.24, 2.45) is 17.8 Å². The number of aliphatic carboxylic acids is 1. The van der Waals surface area contributed by atoms with Gasteiger partial charge in [-0.05, 0) is 57.5 Å². The molecule has 3 atom stereocenters. The van der Waals surface area contributed by atoms with Gasteiger partial charge in [0.15, 0.2) is 0 Å². The van der Waals surface area contributed by atoms with Gasteiger partial charge in [-0.2, -0.15) is 0 Å². The molecule has 1 rings (SSSR count). The van der Waals surface area contributed by atoms with E-state index in [0.29, 0.717) is 6.42 Å². The van der Waals surface area contributed by atoms with Crippen molar-refractivity contribution in [3.8, 4) is 0 Å². The quantitative estimate of drug-likeness (QED) is 0.116. The molecule has 1 saturated carbocycles. The number of carboxylic acids is 1. The zero-order chi connectivity index (χ0) is 25.6. The average Bonchev–Trinajstić information content (AvgIpc) is 3.56. The van der Waals surface area contributed by atoms with E-state index in [4.69, 9.17) is 5.11 Å². The summed E-state index contributed by atoms with van der Waals surface area (Å²) in [5.41, 5.74) is 0. The standard InChI is InChI=1S/C32H63NO2/c1-4-5-6-7-9-12-17-22-29(28-33(2)3)23-18-15-16-20-25-31-27-30(31)24-19-13-10-8-11-14-21-26-32(34)35/h29-31H,4-28H2,1-3H3,(H,34,35). The van der Waals surface area contributed by atoms with Crippen molar-refractivity contribution in [3.63, 3.8) is 0 Å². The topological polar surface area (TPSA) is 40.5 Å². The highest BCUT2D eigenvalue weighted by Crippen LogP contribution is 2.45. The van der Waals surface area contributed by atoms with E-state index in [-0.39, 0.29) is 0 Å². The lowest BCUT2D eigenvalue weighted by atomic mass is 9.93. The molecule has 0 amide bonds. The lowest BCUT2D eigenvalue weighted by molar-refractivity contribution is -0.137. The third kappa shape index (κ3) is 21.2. The van der Waals surface area contributed by atoms with Crippen LogP contribution in [0.1, 0.15) is 161 Å². The number of hydrogen-bond acceptors (Lipinski definition) is 2. The summed E-state index contributed by atoms with van der Waals surface area (Å²) in [6, 6.07) is 0. The van der Waals surface area contributed by atoms with E-state index in [1.807, 2.05) is 0 Å². The Labute approximate surface area is 220 Å². The second-order valence-electron chi connectivity index (χ2n) is 12.2. The van der Waals surface area contributed by atoms with Gasteiger partial charge in [-0.15, -0.1) is 0 Å². The van der Waals surface area contributed by atoms with Crippen molar-refractivity contribution < 1.29 is 9.90 Å². The lowest BCUT2D eigenvalue weighted by Gasteiger charge is -2.21. The van der Waals surface area contributed by atoms with Crippen LogP contribution in [0.2, 0.25) is 0 Å². The molecule has 3 unspecified atom stereocenters. The van der Waals surface area contributed by atoms with Crippen LogP contribution in [0.15, 0.2) is 0 Å². The van der Waals surface area contributed by atoms with Crippen LogP contribution < -0.4 is 0 Å². The molecule has 3 heteroatoms. The predicted octanol–water partition coefficient (Wildman–Crippen LogP) is 9.88. The maximum absolute atomic E-state index is 10.5. The molecule has 1 N–H and O–H groups in total. The van der Waals surface area contributed by atoms with Crippen LogP contribution in [0.25, 0.3) is 0 Å². The molecule has 0 heterocycles. The maximum atomic E-state index is 10.5. The second-order valence-corrected chi connectivity index (χ2v) is 12.2. The first-order chi connectivity index (χ1) is 17.0.